The van der Waals surface area contributed by atoms with Crippen LogP contribution in [0.4, 0.5) is 4.79 Å². The number of aromatic nitrogens is 1. The predicted molar refractivity (Wildman–Crippen MR) is 179 cm³/mol. The summed E-state index contributed by atoms with van der Waals surface area (Å²) in [6.45, 7) is 0.460. The van der Waals surface area contributed by atoms with Crippen LogP contribution >= 0.6 is 11.3 Å². The van der Waals surface area contributed by atoms with Gasteiger partial charge in [-0.2, -0.15) is 0 Å². The molecule has 0 radical (unpaired) electrons. The summed E-state index contributed by atoms with van der Waals surface area (Å²) < 4.78 is 18.2. The smallest absolute Gasteiger partial charge is 0.493 e. The molecule has 0 bridgehead atoms. The Morgan fingerprint density at radius 3 is 2.44 bits per heavy atom. The maximum absolute atomic E-state index is 12.1. The lowest BCUT2D eigenvalue weighted by Gasteiger charge is -2.35. The third-order valence-electron chi connectivity index (χ3n) is 9.05. The zero-order valence-corrected chi connectivity index (χ0v) is 25.9. The number of carboxylic acid groups (broad SMARTS) is 1. The van der Waals surface area contributed by atoms with E-state index in [4.69, 9.17) is 14.2 Å². The van der Waals surface area contributed by atoms with E-state index in [-0.39, 0.29) is 12.0 Å². The van der Waals surface area contributed by atoms with E-state index in [9.17, 15) is 15.0 Å². The number of nitrogens with one attached hydrogen (secondary N) is 1. The van der Waals surface area contributed by atoms with Crippen LogP contribution in [0.15, 0.2) is 84.9 Å². The number of fused-ring (bicyclic) bond motifs is 3. The van der Waals surface area contributed by atoms with Crippen molar-refractivity contribution in [2.45, 2.75) is 50.2 Å². The highest BCUT2D eigenvalue weighted by Gasteiger charge is 2.39. The monoisotopic (exact) mass is 621 g/mol. The molecule has 0 amide bonds. The predicted octanol–water partition coefficient (Wildman–Crippen LogP) is 9.05. The molecule has 0 aliphatic heterocycles. The first-order valence-electron chi connectivity index (χ1n) is 15.4. The van der Waals surface area contributed by atoms with Gasteiger partial charge in [0.2, 0.25) is 5.88 Å². The summed E-state index contributed by atoms with van der Waals surface area (Å²) in [5.41, 5.74) is 2.49. The van der Waals surface area contributed by atoms with Crippen LogP contribution in [0.3, 0.4) is 0 Å². The number of aliphatic hydroxyl groups is 1. The highest BCUT2D eigenvalue weighted by molar-refractivity contribution is 7.19. The molecular weight excluding hydrogens is 586 g/mol. The van der Waals surface area contributed by atoms with E-state index in [1.54, 1.807) is 18.4 Å². The Morgan fingerprint density at radius 2 is 1.64 bits per heavy atom. The summed E-state index contributed by atoms with van der Waals surface area (Å²) in [5.74, 6) is 1.04. The highest BCUT2D eigenvalue weighted by atomic mass is 32.1. The molecule has 7 rings (SSSR count). The molecule has 1 fully saturated rings. The van der Waals surface area contributed by atoms with Crippen LogP contribution in [0.2, 0.25) is 0 Å². The average molecular weight is 622 g/mol. The Kier molecular flexibility index (Phi) is 7.95. The van der Waals surface area contributed by atoms with Crippen LogP contribution in [-0.4, -0.2) is 41.2 Å². The van der Waals surface area contributed by atoms with E-state index in [1.807, 2.05) is 60.7 Å². The van der Waals surface area contributed by atoms with Gasteiger partial charge in [-0.05, 0) is 56.0 Å². The van der Waals surface area contributed by atoms with Crippen LogP contribution in [0.5, 0.6) is 11.6 Å². The molecule has 6 aromatic rings. The van der Waals surface area contributed by atoms with Gasteiger partial charge in [0.1, 0.15) is 5.75 Å². The maximum Gasteiger partial charge on any atom is 0.512 e. The minimum atomic E-state index is -1.37. The second-order valence-electron chi connectivity index (χ2n) is 11.7. The minimum Gasteiger partial charge on any atom is -0.493 e. The lowest BCUT2D eigenvalue weighted by Crippen LogP contribution is -2.33. The van der Waals surface area contributed by atoms with Gasteiger partial charge in [0.05, 0.1) is 23.8 Å². The fourth-order valence-corrected chi connectivity index (χ4v) is 8.17. The number of benzene rings is 4. The summed E-state index contributed by atoms with van der Waals surface area (Å²) in [6, 6.07) is 28.4. The molecule has 7 nitrogen and oxygen atoms in total. The van der Waals surface area contributed by atoms with Gasteiger partial charge in [0.15, 0.2) is 0 Å². The third-order valence-corrected chi connectivity index (χ3v) is 10.4. The molecule has 8 heteroatoms. The van der Waals surface area contributed by atoms with Crippen molar-refractivity contribution in [1.82, 2.24) is 4.98 Å². The number of hydrogen-bond donors (Lipinski definition) is 3. The second-order valence-corrected chi connectivity index (χ2v) is 12.8. The molecule has 0 saturated heterocycles. The lowest BCUT2D eigenvalue weighted by molar-refractivity contribution is -0.0447. The average Bonchev–Trinajstić information content (AvgIpc) is 3.62. The lowest BCUT2D eigenvalue weighted by atomic mass is 9.79. The van der Waals surface area contributed by atoms with E-state index in [0.717, 1.165) is 71.9 Å². The zero-order chi connectivity index (χ0) is 31.0. The maximum atomic E-state index is 12.1. The van der Waals surface area contributed by atoms with Crippen molar-refractivity contribution in [3.63, 3.8) is 0 Å². The molecular formula is C37H35NO6S. The molecule has 1 aliphatic rings. The van der Waals surface area contributed by atoms with Crippen molar-refractivity contribution in [2.24, 2.45) is 0 Å². The van der Waals surface area contributed by atoms with Gasteiger partial charge in [-0.1, -0.05) is 72.8 Å². The summed E-state index contributed by atoms with van der Waals surface area (Å²) in [5, 5.41) is 25.8. The standard InChI is InChI=1S/C37H35NO6S/c1-42-24-18-20-37(41,21-19-24)34-32(28-12-4-5-17-31(28)45-34)29-14-7-13-26-27(35(38-33(26)29)44-36(39)40)15-8-22-43-30-16-6-10-23-9-2-3-11-25(23)30/h2-7,9-14,16-17,24,38,41H,8,15,18-22H2,1H3,(H,39,40). The van der Waals surface area contributed by atoms with E-state index in [0.29, 0.717) is 32.3 Å². The van der Waals surface area contributed by atoms with Gasteiger partial charge < -0.3 is 29.4 Å². The van der Waals surface area contributed by atoms with Crippen molar-refractivity contribution >= 4 is 49.3 Å². The first-order valence-corrected chi connectivity index (χ1v) is 16.2. The third kappa shape index (κ3) is 5.54. The fourth-order valence-electron chi connectivity index (χ4n) is 6.81. The number of thiophene rings is 1. The topological polar surface area (TPSA) is 101 Å². The number of H-pyrrole nitrogens is 1. The molecule has 4 aromatic carbocycles. The van der Waals surface area contributed by atoms with Crippen LogP contribution < -0.4 is 9.47 Å². The van der Waals surface area contributed by atoms with E-state index in [2.05, 4.69) is 29.2 Å². The number of carbonyl (C=O) groups is 1. The number of hydrogen-bond acceptors (Lipinski definition) is 6. The fraction of sp³-hybridized carbons (Fsp3) is 0.270. The minimum absolute atomic E-state index is 0.151. The Balaban J connectivity index is 1.25. The summed E-state index contributed by atoms with van der Waals surface area (Å²) in [7, 11) is 1.73. The van der Waals surface area contributed by atoms with Gasteiger partial charge in [0.25, 0.3) is 0 Å². The highest BCUT2D eigenvalue weighted by Crippen LogP contribution is 2.51. The molecule has 1 saturated carbocycles. The number of rotatable bonds is 9. The van der Waals surface area contributed by atoms with Gasteiger partial charge in [-0.25, -0.2) is 4.79 Å². The molecule has 0 unspecified atom stereocenters. The van der Waals surface area contributed by atoms with E-state index >= 15 is 0 Å². The first-order chi connectivity index (χ1) is 21.9. The van der Waals surface area contributed by atoms with Crippen LogP contribution in [-0.2, 0) is 16.8 Å². The van der Waals surface area contributed by atoms with Crippen molar-refractivity contribution in [3.8, 4) is 22.8 Å². The van der Waals surface area contributed by atoms with Crippen molar-refractivity contribution in [2.75, 3.05) is 13.7 Å². The molecule has 230 valence electrons. The number of para-hydroxylation sites is 1. The first kappa shape index (κ1) is 29.3. The largest absolute Gasteiger partial charge is 0.512 e. The normalized spacial score (nSPS) is 18.5. The molecule has 1 aliphatic carbocycles. The van der Waals surface area contributed by atoms with Crippen molar-refractivity contribution in [3.05, 3.63) is 95.4 Å². The number of aryl methyl sites for hydroxylation is 1. The SMILES string of the molecule is COC1CCC(O)(c2sc3ccccc3c2-c2cccc3c(CCCOc4cccc5ccccc45)c(OC(=O)O)[nH]c23)CC1. The van der Waals surface area contributed by atoms with Crippen molar-refractivity contribution < 1.29 is 29.2 Å². The molecule has 45 heavy (non-hydrogen) atoms. The molecule has 0 atom stereocenters. The Labute approximate surface area is 265 Å². The summed E-state index contributed by atoms with van der Waals surface area (Å²) >= 11 is 1.63. The van der Waals surface area contributed by atoms with Crippen LogP contribution in [0, 0.1) is 0 Å². The van der Waals surface area contributed by atoms with Gasteiger partial charge in [-0.15, -0.1) is 11.3 Å². The van der Waals surface area contributed by atoms with E-state index < -0.39 is 11.8 Å². The summed E-state index contributed by atoms with van der Waals surface area (Å²) in [4.78, 5) is 16.0. The Hall–Kier alpha value is -4.37. The van der Waals surface area contributed by atoms with Gasteiger partial charge in [0, 0.05) is 49.5 Å². The Bertz CT molecular complexity index is 2000. The summed E-state index contributed by atoms with van der Waals surface area (Å²) in [6.07, 6.45) is 2.78. The van der Waals surface area contributed by atoms with E-state index in [1.165, 1.54) is 0 Å². The van der Waals surface area contributed by atoms with Gasteiger partial charge >= 0.3 is 6.16 Å². The van der Waals surface area contributed by atoms with Crippen molar-refractivity contribution in [1.29, 1.82) is 0 Å². The molecule has 3 N–H and O–H groups in total. The number of aromatic amines is 1. The van der Waals surface area contributed by atoms with Crippen LogP contribution in [0.1, 0.15) is 42.5 Å². The number of methoxy groups -OCH3 is 1. The quantitative estimate of drug-likeness (QED) is 0.110. The second kappa shape index (κ2) is 12.2. The molecule has 0 spiro atoms. The van der Waals surface area contributed by atoms with Gasteiger partial charge in [-0.3, -0.25) is 0 Å². The molecule has 2 aromatic heterocycles. The Morgan fingerprint density at radius 1 is 0.933 bits per heavy atom. The zero-order valence-electron chi connectivity index (χ0n) is 25.0. The van der Waals surface area contributed by atoms with Crippen LogP contribution in [0.25, 0.3) is 42.9 Å². The number of ether oxygens (including phenoxy) is 3. The molecule has 2 heterocycles.